The van der Waals surface area contributed by atoms with Crippen LogP contribution in [0.15, 0.2) is 0 Å². The average molecular weight is 283 g/mol. The number of rotatable bonds is 2. The van der Waals surface area contributed by atoms with Gasteiger partial charge in [0.2, 0.25) is 5.82 Å². The molecule has 95 valence electrons. The Hall–Kier alpha value is -0.696. The molecule has 1 aromatic rings. The summed E-state index contributed by atoms with van der Waals surface area (Å²) in [6.07, 6.45) is 0. The Morgan fingerprint density at radius 2 is 1.00 bits per heavy atom. The van der Waals surface area contributed by atoms with Crippen molar-refractivity contribution < 1.29 is 22.0 Å². The van der Waals surface area contributed by atoms with Crippen molar-refractivity contribution in [1.82, 2.24) is 0 Å². The second-order valence-corrected chi connectivity index (χ2v) is 17.1. The molecule has 0 atom stereocenters. The first kappa shape index (κ1) is 14.4. The van der Waals surface area contributed by atoms with Crippen molar-refractivity contribution in [3.8, 4) is 0 Å². The van der Waals surface area contributed by atoms with Crippen LogP contribution >= 0.6 is 0 Å². The van der Waals surface area contributed by atoms with E-state index >= 15 is 0 Å². The summed E-state index contributed by atoms with van der Waals surface area (Å²) in [6, 6.07) is 0. The average Bonchev–Trinajstić information content (AvgIpc) is 2.23. The fourth-order valence-electron chi connectivity index (χ4n) is 1.40. The Labute approximate surface area is 98.9 Å². The Balaban J connectivity index is 3.66. The lowest BCUT2D eigenvalue weighted by Crippen LogP contribution is -2.56. The Morgan fingerprint density at radius 1 is 0.706 bits per heavy atom. The normalized spacial score (nSPS) is 12.4. The van der Waals surface area contributed by atoms with E-state index in [4.69, 9.17) is 0 Å². The predicted molar refractivity (Wildman–Crippen MR) is 60.8 cm³/mol. The second-order valence-electron chi connectivity index (χ2n) is 4.57. The SMILES string of the molecule is C[Si](C)[Si](C)(C)c1c(F)c(F)c(F)c(F)c1F. The number of halogens is 5. The highest BCUT2D eigenvalue weighted by Crippen LogP contribution is 2.20. The molecule has 0 aliphatic carbocycles. The van der Waals surface area contributed by atoms with Gasteiger partial charge in [-0.15, -0.1) is 0 Å². The third-order valence-corrected chi connectivity index (χ3v) is 15.5. The molecular weight excluding hydrogens is 271 g/mol. The van der Waals surface area contributed by atoms with E-state index in [1.54, 1.807) is 13.1 Å². The maximum atomic E-state index is 13.6. The van der Waals surface area contributed by atoms with E-state index in [1.165, 1.54) is 0 Å². The summed E-state index contributed by atoms with van der Waals surface area (Å²) in [5.74, 6) is -9.10. The van der Waals surface area contributed by atoms with Gasteiger partial charge in [0.15, 0.2) is 23.3 Å². The van der Waals surface area contributed by atoms with E-state index < -0.39 is 50.2 Å². The minimum absolute atomic E-state index is 0.576. The zero-order valence-electron chi connectivity index (χ0n) is 9.89. The van der Waals surface area contributed by atoms with E-state index in [2.05, 4.69) is 0 Å². The van der Waals surface area contributed by atoms with Gasteiger partial charge in [0.1, 0.15) is 0 Å². The third-order valence-electron chi connectivity index (χ3n) is 3.08. The summed E-state index contributed by atoms with van der Waals surface area (Å²) in [4.78, 5) is 0. The minimum Gasteiger partial charge on any atom is -0.204 e. The number of hydrogen-bond donors (Lipinski definition) is 0. The van der Waals surface area contributed by atoms with Gasteiger partial charge in [-0.1, -0.05) is 26.2 Å². The van der Waals surface area contributed by atoms with Gasteiger partial charge in [0, 0.05) is 13.5 Å². The van der Waals surface area contributed by atoms with Crippen molar-refractivity contribution >= 4 is 21.1 Å². The topological polar surface area (TPSA) is 0 Å². The zero-order chi connectivity index (χ0) is 13.5. The lowest BCUT2D eigenvalue weighted by molar-refractivity contribution is 0.384. The first-order chi connectivity index (χ1) is 7.62. The molecule has 0 saturated carbocycles. The fraction of sp³-hybridized carbons (Fsp3) is 0.400. The van der Waals surface area contributed by atoms with Crippen molar-refractivity contribution in [2.75, 3.05) is 0 Å². The van der Waals surface area contributed by atoms with E-state index in [1.807, 2.05) is 13.1 Å². The highest BCUT2D eigenvalue weighted by Gasteiger charge is 2.38. The predicted octanol–water partition coefficient (Wildman–Crippen LogP) is 3.13. The summed E-state index contributed by atoms with van der Waals surface area (Å²) < 4.78 is 66.2. The molecule has 1 radical (unpaired) electrons. The van der Waals surface area contributed by atoms with Crippen molar-refractivity contribution in [2.24, 2.45) is 0 Å². The smallest absolute Gasteiger partial charge is 0.200 e. The summed E-state index contributed by atoms with van der Waals surface area (Å²) in [5, 5.41) is -0.576. The van der Waals surface area contributed by atoms with Crippen molar-refractivity contribution in [1.29, 1.82) is 0 Å². The van der Waals surface area contributed by atoms with Gasteiger partial charge in [0.25, 0.3) is 0 Å². The monoisotopic (exact) mass is 283 g/mol. The molecule has 0 bridgehead atoms. The highest BCUT2D eigenvalue weighted by atomic mass is 29.2. The Morgan fingerprint density at radius 3 is 1.29 bits per heavy atom. The second kappa shape index (κ2) is 4.53. The van der Waals surface area contributed by atoms with Crippen LogP contribution in [0.3, 0.4) is 0 Å². The lowest BCUT2D eigenvalue weighted by atomic mass is 10.3. The first-order valence-electron chi connectivity index (χ1n) is 4.94. The van der Waals surface area contributed by atoms with Crippen molar-refractivity contribution in [3.63, 3.8) is 0 Å². The molecule has 0 amide bonds. The molecule has 0 saturated heterocycles. The largest absolute Gasteiger partial charge is 0.204 e. The van der Waals surface area contributed by atoms with Crippen LogP contribution in [-0.2, 0) is 0 Å². The quantitative estimate of drug-likeness (QED) is 0.338. The van der Waals surface area contributed by atoms with Crippen molar-refractivity contribution in [2.45, 2.75) is 26.2 Å². The van der Waals surface area contributed by atoms with Crippen LogP contribution in [0.2, 0.25) is 26.2 Å². The first-order valence-corrected chi connectivity index (χ1v) is 11.4. The van der Waals surface area contributed by atoms with Gasteiger partial charge in [-0.05, 0) is 0 Å². The molecule has 0 unspecified atom stereocenters. The standard InChI is InChI=1S/C10H12F5Si2/c1-16(2)17(3,4)10-8(14)6(12)5(11)7(13)9(10)15/h1-4H3. The van der Waals surface area contributed by atoms with Crippen LogP contribution in [0.4, 0.5) is 22.0 Å². The zero-order valence-corrected chi connectivity index (χ0v) is 11.9. The molecule has 0 nitrogen and oxygen atoms in total. The van der Waals surface area contributed by atoms with Crippen LogP contribution in [-0.4, -0.2) is 15.9 Å². The molecular formula is C10H12F5Si2. The fourth-order valence-corrected chi connectivity index (χ4v) is 5.38. The van der Waals surface area contributed by atoms with Crippen molar-refractivity contribution in [3.05, 3.63) is 29.1 Å². The van der Waals surface area contributed by atoms with Crippen LogP contribution in [0.5, 0.6) is 0 Å². The van der Waals surface area contributed by atoms with Crippen LogP contribution in [0.1, 0.15) is 0 Å². The molecule has 0 N–H and O–H groups in total. The molecule has 17 heavy (non-hydrogen) atoms. The maximum absolute atomic E-state index is 13.6. The molecule has 0 spiro atoms. The van der Waals surface area contributed by atoms with E-state index in [9.17, 15) is 22.0 Å². The van der Waals surface area contributed by atoms with Gasteiger partial charge >= 0.3 is 0 Å². The molecule has 0 heterocycles. The Kier molecular flexibility index (Phi) is 3.82. The molecule has 1 rings (SSSR count). The number of benzene rings is 1. The van der Waals surface area contributed by atoms with Gasteiger partial charge in [0.05, 0.1) is 7.59 Å². The lowest BCUT2D eigenvalue weighted by Gasteiger charge is -2.27. The summed E-state index contributed by atoms with van der Waals surface area (Å²) in [5.41, 5.74) is 0. The van der Waals surface area contributed by atoms with Gasteiger partial charge in [-0.2, -0.15) is 0 Å². The van der Waals surface area contributed by atoms with Crippen LogP contribution < -0.4 is 5.19 Å². The minimum atomic E-state index is -2.63. The summed E-state index contributed by atoms with van der Waals surface area (Å²) in [6.45, 7) is 6.88. The van der Waals surface area contributed by atoms with Gasteiger partial charge < -0.3 is 0 Å². The van der Waals surface area contributed by atoms with Gasteiger partial charge in [-0.25, -0.2) is 22.0 Å². The number of hydrogen-bond acceptors (Lipinski definition) is 0. The van der Waals surface area contributed by atoms with E-state index in [0.717, 1.165) is 0 Å². The van der Waals surface area contributed by atoms with E-state index in [0.29, 0.717) is 0 Å². The molecule has 0 aliphatic heterocycles. The van der Waals surface area contributed by atoms with E-state index in [-0.39, 0.29) is 0 Å². The summed E-state index contributed by atoms with van der Waals surface area (Å²) in [7, 11) is -3.78. The van der Waals surface area contributed by atoms with Crippen LogP contribution in [0.25, 0.3) is 0 Å². The Bertz CT molecular complexity index is 427. The summed E-state index contributed by atoms with van der Waals surface area (Å²) >= 11 is 0. The molecule has 7 heteroatoms. The molecule has 0 aromatic heterocycles. The van der Waals surface area contributed by atoms with Gasteiger partial charge in [-0.3, -0.25) is 0 Å². The molecule has 0 aliphatic rings. The van der Waals surface area contributed by atoms with Crippen LogP contribution in [0, 0.1) is 29.1 Å². The maximum Gasteiger partial charge on any atom is 0.200 e. The molecule has 0 fully saturated rings. The molecule has 1 aromatic carbocycles. The third kappa shape index (κ3) is 2.17. The highest BCUT2D eigenvalue weighted by molar-refractivity contribution is 7.37.